The minimum Gasteiger partial charge on any atom is -0.493 e. The first kappa shape index (κ1) is 19.0. The predicted molar refractivity (Wildman–Crippen MR) is 117 cm³/mol. The molecule has 1 aliphatic rings. The number of benzene rings is 2. The first-order valence-corrected chi connectivity index (χ1v) is 9.63. The molecule has 1 N–H and O–H groups in total. The Kier molecular flexibility index (Phi) is 5.22. The number of hydrogen-bond donors (Lipinski definition) is 1. The molecule has 4 rings (SSSR count). The highest BCUT2D eigenvalue weighted by molar-refractivity contribution is 7.80. The molecule has 1 fully saturated rings. The lowest BCUT2D eigenvalue weighted by Crippen LogP contribution is -2.25. The zero-order valence-corrected chi connectivity index (χ0v) is 17.0. The van der Waals surface area contributed by atoms with Gasteiger partial charge in [0.25, 0.3) is 5.91 Å². The fourth-order valence-electron chi connectivity index (χ4n) is 3.35. The van der Waals surface area contributed by atoms with Crippen molar-refractivity contribution < 1.29 is 14.3 Å². The van der Waals surface area contributed by atoms with Crippen molar-refractivity contribution in [3.63, 3.8) is 0 Å². The molecule has 29 heavy (non-hydrogen) atoms. The number of thiocarbonyl (C=S) groups is 1. The summed E-state index contributed by atoms with van der Waals surface area (Å²) in [4.78, 5) is 13.8. The van der Waals surface area contributed by atoms with Gasteiger partial charge in [0.15, 0.2) is 16.6 Å². The molecule has 0 bridgehead atoms. The van der Waals surface area contributed by atoms with Gasteiger partial charge in [-0.3, -0.25) is 9.69 Å². The first-order chi connectivity index (χ1) is 14.1. The molecule has 0 radical (unpaired) electrons. The molecule has 1 aliphatic heterocycles. The Morgan fingerprint density at radius 3 is 2.55 bits per heavy atom. The number of methoxy groups -OCH3 is 1. The molecule has 3 aromatic rings. The van der Waals surface area contributed by atoms with E-state index in [1.807, 2.05) is 54.7 Å². The largest absolute Gasteiger partial charge is 0.493 e. The van der Waals surface area contributed by atoms with Crippen molar-refractivity contribution in [3.8, 4) is 11.5 Å². The second kappa shape index (κ2) is 7.97. The Bertz CT molecular complexity index is 1120. The quantitative estimate of drug-likeness (QED) is 0.501. The van der Waals surface area contributed by atoms with Crippen molar-refractivity contribution in [1.29, 1.82) is 0 Å². The van der Waals surface area contributed by atoms with Crippen LogP contribution in [0, 0.1) is 0 Å². The number of ether oxygens (including phenoxy) is 2. The van der Waals surface area contributed by atoms with Gasteiger partial charge in [-0.05, 0) is 36.5 Å². The molecule has 0 saturated carbocycles. The zero-order chi connectivity index (χ0) is 20.4. The van der Waals surface area contributed by atoms with Crippen LogP contribution in [-0.4, -0.2) is 41.3 Å². The van der Waals surface area contributed by atoms with E-state index in [1.165, 1.54) is 4.90 Å². The SMILES string of the molecule is COc1ccccc1OCCn1cc(C=C2NC(=S)N(C)C2=O)c2ccccc21. The maximum atomic E-state index is 12.3. The van der Waals surface area contributed by atoms with Crippen LogP contribution in [0.1, 0.15) is 5.56 Å². The van der Waals surface area contributed by atoms with Gasteiger partial charge in [0.1, 0.15) is 12.3 Å². The van der Waals surface area contributed by atoms with E-state index in [0.717, 1.165) is 16.5 Å². The van der Waals surface area contributed by atoms with Crippen LogP contribution >= 0.6 is 12.2 Å². The van der Waals surface area contributed by atoms with Crippen molar-refractivity contribution >= 4 is 40.2 Å². The van der Waals surface area contributed by atoms with Crippen LogP contribution in [0.15, 0.2) is 60.4 Å². The summed E-state index contributed by atoms with van der Waals surface area (Å²) in [5.74, 6) is 1.29. The molecule has 2 heterocycles. The Hall–Kier alpha value is -3.32. The average molecular weight is 407 g/mol. The van der Waals surface area contributed by atoms with Crippen molar-refractivity contribution in [3.05, 3.63) is 66.0 Å². The van der Waals surface area contributed by atoms with Gasteiger partial charge in [0.2, 0.25) is 0 Å². The van der Waals surface area contributed by atoms with E-state index >= 15 is 0 Å². The summed E-state index contributed by atoms with van der Waals surface area (Å²) < 4.78 is 13.4. The number of nitrogens with zero attached hydrogens (tertiary/aromatic N) is 2. The summed E-state index contributed by atoms with van der Waals surface area (Å²) in [5.41, 5.74) is 2.50. The number of carbonyl (C=O) groups excluding carboxylic acids is 1. The molecule has 0 atom stereocenters. The first-order valence-electron chi connectivity index (χ1n) is 9.23. The van der Waals surface area contributed by atoms with Crippen molar-refractivity contribution in [1.82, 2.24) is 14.8 Å². The number of amides is 1. The van der Waals surface area contributed by atoms with Gasteiger partial charge in [0.05, 0.1) is 13.7 Å². The molecule has 148 valence electrons. The number of nitrogens with one attached hydrogen (secondary N) is 1. The smallest absolute Gasteiger partial charge is 0.276 e. The Balaban J connectivity index is 1.58. The van der Waals surface area contributed by atoms with Crippen LogP contribution in [0.5, 0.6) is 11.5 Å². The standard InChI is InChI=1S/C22H21N3O3S/c1-24-21(26)17(23-22(24)29)13-15-14-25(18-8-4-3-7-16(15)18)11-12-28-20-10-6-5-9-19(20)27-2/h3-10,13-14H,11-12H2,1-2H3,(H,23,29). The van der Waals surface area contributed by atoms with Gasteiger partial charge >= 0.3 is 0 Å². The van der Waals surface area contributed by atoms with E-state index in [-0.39, 0.29) is 5.91 Å². The third-order valence-electron chi connectivity index (χ3n) is 4.86. The third kappa shape index (κ3) is 3.69. The highest BCUT2D eigenvalue weighted by Crippen LogP contribution is 2.27. The van der Waals surface area contributed by atoms with Gasteiger partial charge < -0.3 is 19.4 Å². The number of likely N-dealkylation sites (N-methyl/N-ethyl adjacent to an activating group) is 1. The molecule has 1 saturated heterocycles. The predicted octanol–water partition coefficient (Wildman–Crippen LogP) is 3.42. The monoisotopic (exact) mass is 407 g/mol. The number of rotatable bonds is 6. The lowest BCUT2D eigenvalue weighted by atomic mass is 10.1. The maximum Gasteiger partial charge on any atom is 0.276 e. The molecule has 6 nitrogen and oxygen atoms in total. The van der Waals surface area contributed by atoms with Crippen LogP contribution in [-0.2, 0) is 11.3 Å². The molecular weight excluding hydrogens is 386 g/mol. The topological polar surface area (TPSA) is 55.7 Å². The maximum absolute atomic E-state index is 12.3. The van der Waals surface area contributed by atoms with Crippen LogP contribution in [0.4, 0.5) is 0 Å². The fourth-order valence-corrected chi connectivity index (χ4v) is 3.54. The molecule has 1 aromatic heterocycles. The van der Waals surface area contributed by atoms with Crippen molar-refractivity contribution in [2.45, 2.75) is 6.54 Å². The minimum atomic E-state index is -0.133. The lowest BCUT2D eigenvalue weighted by molar-refractivity contribution is -0.121. The number of para-hydroxylation sites is 3. The van der Waals surface area contributed by atoms with E-state index in [2.05, 4.69) is 16.0 Å². The van der Waals surface area contributed by atoms with Crippen LogP contribution in [0.25, 0.3) is 17.0 Å². The summed E-state index contributed by atoms with van der Waals surface area (Å²) in [5, 5.41) is 4.45. The molecule has 0 unspecified atom stereocenters. The highest BCUT2D eigenvalue weighted by atomic mass is 32.1. The Labute approximate surface area is 174 Å². The van der Waals surface area contributed by atoms with Gasteiger partial charge in [-0.1, -0.05) is 30.3 Å². The van der Waals surface area contributed by atoms with Crippen LogP contribution in [0.2, 0.25) is 0 Å². The average Bonchev–Trinajstić information content (AvgIpc) is 3.21. The number of carbonyl (C=O) groups is 1. The van der Waals surface area contributed by atoms with Gasteiger partial charge in [0, 0.05) is 29.7 Å². The van der Waals surface area contributed by atoms with E-state index < -0.39 is 0 Å². The summed E-state index contributed by atoms with van der Waals surface area (Å²) in [6.45, 7) is 1.14. The normalized spacial score (nSPS) is 15.2. The van der Waals surface area contributed by atoms with E-state index in [4.69, 9.17) is 21.7 Å². The summed E-state index contributed by atoms with van der Waals surface area (Å²) >= 11 is 5.16. The number of fused-ring (bicyclic) bond motifs is 1. The van der Waals surface area contributed by atoms with Gasteiger partial charge in [-0.15, -0.1) is 0 Å². The van der Waals surface area contributed by atoms with E-state index in [0.29, 0.717) is 35.5 Å². The van der Waals surface area contributed by atoms with Crippen LogP contribution in [0.3, 0.4) is 0 Å². The van der Waals surface area contributed by atoms with Crippen molar-refractivity contribution in [2.24, 2.45) is 0 Å². The van der Waals surface area contributed by atoms with Crippen molar-refractivity contribution in [2.75, 3.05) is 20.8 Å². The number of hydrogen-bond acceptors (Lipinski definition) is 4. The second-order valence-electron chi connectivity index (χ2n) is 6.65. The van der Waals surface area contributed by atoms with E-state index in [9.17, 15) is 4.79 Å². The Morgan fingerprint density at radius 1 is 1.10 bits per heavy atom. The van der Waals surface area contributed by atoms with Crippen LogP contribution < -0.4 is 14.8 Å². The zero-order valence-electron chi connectivity index (χ0n) is 16.2. The lowest BCUT2D eigenvalue weighted by Gasteiger charge is -2.11. The van der Waals surface area contributed by atoms with Gasteiger partial charge in [-0.25, -0.2) is 0 Å². The molecule has 0 spiro atoms. The Morgan fingerprint density at radius 2 is 1.83 bits per heavy atom. The minimum absolute atomic E-state index is 0.133. The van der Waals surface area contributed by atoms with Gasteiger partial charge in [-0.2, -0.15) is 0 Å². The highest BCUT2D eigenvalue weighted by Gasteiger charge is 2.27. The second-order valence-corrected chi connectivity index (χ2v) is 7.03. The molecule has 7 heteroatoms. The fraction of sp³-hybridized carbons (Fsp3) is 0.182. The summed E-state index contributed by atoms with van der Waals surface area (Å²) in [7, 11) is 3.29. The summed E-state index contributed by atoms with van der Waals surface area (Å²) in [6.07, 6.45) is 3.87. The number of aromatic nitrogens is 1. The molecule has 2 aromatic carbocycles. The van der Waals surface area contributed by atoms with E-state index in [1.54, 1.807) is 14.2 Å². The molecular formula is C22H21N3O3S. The molecule has 1 amide bonds. The summed E-state index contributed by atoms with van der Waals surface area (Å²) in [6, 6.07) is 15.7. The third-order valence-corrected chi connectivity index (χ3v) is 5.24. The molecule has 0 aliphatic carbocycles.